The molecular formula is C19H17BrN2O3S. The van der Waals surface area contributed by atoms with Gasteiger partial charge in [0.25, 0.3) is 5.91 Å². The Morgan fingerprint density at radius 2 is 1.77 bits per heavy atom. The van der Waals surface area contributed by atoms with Crippen LogP contribution in [0.15, 0.2) is 46.9 Å². The molecule has 0 aliphatic heterocycles. The third-order valence-electron chi connectivity index (χ3n) is 3.74. The van der Waals surface area contributed by atoms with E-state index in [0.29, 0.717) is 22.1 Å². The van der Waals surface area contributed by atoms with E-state index in [2.05, 4.69) is 26.2 Å². The number of carbonyl (C=O) groups excluding carboxylic acids is 1. The smallest absolute Gasteiger partial charge is 0.267 e. The van der Waals surface area contributed by atoms with Crippen molar-refractivity contribution < 1.29 is 14.3 Å². The van der Waals surface area contributed by atoms with Gasteiger partial charge in [-0.2, -0.15) is 0 Å². The fourth-order valence-electron chi connectivity index (χ4n) is 2.42. The number of hydrogen-bond acceptors (Lipinski definition) is 5. The average Bonchev–Trinajstić information content (AvgIpc) is 3.05. The van der Waals surface area contributed by atoms with Gasteiger partial charge in [0.05, 0.1) is 19.9 Å². The van der Waals surface area contributed by atoms with Crippen LogP contribution in [0.5, 0.6) is 11.5 Å². The second-order valence-corrected chi connectivity index (χ2v) is 7.38. The van der Waals surface area contributed by atoms with Crippen molar-refractivity contribution in [1.82, 2.24) is 4.98 Å². The van der Waals surface area contributed by atoms with E-state index in [1.54, 1.807) is 14.2 Å². The molecule has 5 nitrogen and oxygen atoms in total. The van der Waals surface area contributed by atoms with Crippen molar-refractivity contribution in [2.24, 2.45) is 0 Å². The molecule has 1 aromatic heterocycles. The van der Waals surface area contributed by atoms with Crippen LogP contribution in [0.3, 0.4) is 0 Å². The Labute approximate surface area is 164 Å². The maximum Gasteiger partial charge on any atom is 0.267 e. The molecular weight excluding hydrogens is 416 g/mol. The Bertz CT molecular complexity index is 938. The number of anilines is 1. The molecule has 0 atom stereocenters. The van der Waals surface area contributed by atoms with E-state index in [4.69, 9.17) is 9.47 Å². The molecule has 3 aromatic rings. The van der Waals surface area contributed by atoms with Gasteiger partial charge >= 0.3 is 0 Å². The fraction of sp³-hybridized carbons (Fsp3) is 0.158. The number of thiazole rings is 1. The van der Waals surface area contributed by atoms with Gasteiger partial charge in [-0.25, -0.2) is 4.98 Å². The summed E-state index contributed by atoms with van der Waals surface area (Å²) in [6.07, 6.45) is 0. The molecule has 0 radical (unpaired) electrons. The first-order valence-electron chi connectivity index (χ1n) is 7.78. The van der Waals surface area contributed by atoms with E-state index >= 15 is 0 Å². The molecule has 3 rings (SSSR count). The summed E-state index contributed by atoms with van der Waals surface area (Å²) in [7, 11) is 3.18. The van der Waals surface area contributed by atoms with E-state index in [1.165, 1.54) is 11.3 Å². The van der Waals surface area contributed by atoms with E-state index in [0.717, 1.165) is 20.7 Å². The Morgan fingerprint density at radius 1 is 1.08 bits per heavy atom. The molecule has 0 aliphatic rings. The summed E-state index contributed by atoms with van der Waals surface area (Å²) in [6.45, 7) is 1.83. The summed E-state index contributed by atoms with van der Waals surface area (Å²) < 4.78 is 11.6. The zero-order chi connectivity index (χ0) is 18.7. The maximum absolute atomic E-state index is 12.6. The van der Waals surface area contributed by atoms with Gasteiger partial charge in [0.1, 0.15) is 9.88 Å². The Hall–Kier alpha value is -2.38. The van der Waals surface area contributed by atoms with Crippen molar-refractivity contribution in [2.75, 3.05) is 19.5 Å². The van der Waals surface area contributed by atoms with E-state index in [-0.39, 0.29) is 5.91 Å². The van der Waals surface area contributed by atoms with Gasteiger partial charge in [-0.15, -0.1) is 11.3 Å². The van der Waals surface area contributed by atoms with E-state index < -0.39 is 0 Å². The standard InChI is InChI=1S/C19H17BrN2O3S/c1-11-17(18(23)22-14-7-5-13(20)6-8-14)26-19(21-11)12-4-9-15(24-2)16(10-12)25-3/h4-10H,1-3H3,(H,22,23). The first kappa shape index (κ1) is 18.4. The third kappa shape index (κ3) is 3.89. The van der Waals surface area contributed by atoms with Crippen LogP contribution in [0, 0.1) is 6.92 Å². The molecule has 0 unspecified atom stereocenters. The quantitative estimate of drug-likeness (QED) is 0.605. The number of aryl methyl sites for hydroxylation is 1. The van der Waals surface area contributed by atoms with Crippen LogP contribution in [0.25, 0.3) is 10.6 Å². The predicted octanol–water partition coefficient (Wildman–Crippen LogP) is 5.15. The number of carbonyl (C=O) groups is 1. The molecule has 0 saturated heterocycles. The maximum atomic E-state index is 12.6. The van der Waals surface area contributed by atoms with Crippen molar-refractivity contribution >= 4 is 38.9 Å². The predicted molar refractivity (Wildman–Crippen MR) is 107 cm³/mol. The molecule has 1 N–H and O–H groups in total. The molecule has 1 amide bonds. The van der Waals surface area contributed by atoms with Gasteiger partial charge in [0.15, 0.2) is 11.5 Å². The number of hydrogen-bond donors (Lipinski definition) is 1. The molecule has 7 heteroatoms. The number of methoxy groups -OCH3 is 2. The molecule has 0 saturated carbocycles. The molecule has 0 bridgehead atoms. The lowest BCUT2D eigenvalue weighted by molar-refractivity contribution is 0.103. The van der Waals surface area contributed by atoms with Gasteiger partial charge in [0.2, 0.25) is 0 Å². The molecule has 0 aliphatic carbocycles. The number of halogens is 1. The van der Waals surface area contributed by atoms with Crippen LogP contribution >= 0.6 is 27.3 Å². The number of ether oxygens (including phenoxy) is 2. The third-order valence-corrected chi connectivity index (χ3v) is 5.47. The number of amides is 1. The molecule has 0 fully saturated rings. The topological polar surface area (TPSA) is 60.5 Å². The normalized spacial score (nSPS) is 10.5. The second kappa shape index (κ2) is 7.88. The van der Waals surface area contributed by atoms with Gasteiger partial charge in [-0.1, -0.05) is 15.9 Å². The monoisotopic (exact) mass is 432 g/mol. The van der Waals surface area contributed by atoms with Crippen LogP contribution in [0.1, 0.15) is 15.4 Å². The first-order valence-corrected chi connectivity index (χ1v) is 9.39. The minimum Gasteiger partial charge on any atom is -0.493 e. The average molecular weight is 433 g/mol. The van der Waals surface area contributed by atoms with E-state index in [9.17, 15) is 4.79 Å². The summed E-state index contributed by atoms with van der Waals surface area (Å²) >= 11 is 4.73. The van der Waals surface area contributed by atoms with Crippen LogP contribution in [-0.2, 0) is 0 Å². The highest BCUT2D eigenvalue weighted by Gasteiger charge is 2.17. The lowest BCUT2D eigenvalue weighted by Gasteiger charge is -2.08. The number of aromatic nitrogens is 1. The van der Waals surface area contributed by atoms with Gasteiger partial charge < -0.3 is 14.8 Å². The van der Waals surface area contributed by atoms with Crippen molar-refractivity contribution in [1.29, 1.82) is 0 Å². The number of rotatable bonds is 5. The Balaban J connectivity index is 1.87. The Kier molecular flexibility index (Phi) is 5.58. The van der Waals surface area contributed by atoms with Crippen molar-refractivity contribution in [3.8, 4) is 22.1 Å². The highest BCUT2D eigenvalue weighted by atomic mass is 79.9. The minimum absolute atomic E-state index is 0.172. The summed E-state index contributed by atoms with van der Waals surface area (Å²) in [4.78, 5) is 17.7. The lowest BCUT2D eigenvalue weighted by atomic mass is 10.2. The van der Waals surface area contributed by atoms with Crippen molar-refractivity contribution in [3.63, 3.8) is 0 Å². The van der Waals surface area contributed by atoms with Crippen molar-refractivity contribution in [2.45, 2.75) is 6.92 Å². The summed E-state index contributed by atoms with van der Waals surface area (Å²) in [6, 6.07) is 13.0. The molecule has 2 aromatic carbocycles. The van der Waals surface area contributed by atoms with Crippen LogP contribution in [-0.4, -0.2) is 25.1 Å². The molecule has 1 heterocycles. The summed E-state index contributed by atoms with van der Waals surface area (Å²) in [5.41, 5.74) is 2.30. The largest absolute Gasteiger partial charge is 0.493 e. The van der Waals surface area contributed by atoms with Crippen molar-refractivity contribution in [3.05, 3.63) is 57.5 Å². The van der Waals surface area contributed by atoms with Gasteiger partial charge in [0, 0.05) is 15.7 Å². The minimum atomic E-state index is -0.172. The zero-order valence-corrected chi connectivity index (χ0v) is 16.9. The molecule has 26 heavy (non-hydrogen) atoms. The first-order chi connectivity index (χ1) is 12.5. The summed E-state index contributed by atoms with van der Waals surface area (Å²) in [5.74, 6) is 1.10. The van der Waals surface area contributed by atoms with E-state index in [1.807, 2.05) is 49.4 Å². The van der Waals surface area contributed by atoms with Gasteiger partial charge in [-0.05, 0) is 49.4 Å². The fourth-order valence-corrected chi connectivity index (χ4v) is 3.64. The zero-order valence-electron chi connectivity index (χ0n) is 14.5. The SMILES string of the molecule is COc1ccc(-c2nc(C)c(C(=O)Nc3ccc(Br)cc3)s2)cc1OC. The number of nitrogens with zero attached hydrogens (tertiary/aromatic N) is 1. The van der Waals surface area contributed by atoms with Crippen LogP contribution < -0.4 is 14.8 Å². The number of nitrogens with one attached hydrogen (secondary N) is 1. The second-order valence-electron chi connectivity index (χ2n) is 5.46. The van der Waals surface area contributed by atoms with Gasteiger partial charge in [-0.3, -0.25) is 4.79 Å². The van der Waals surface area contributed by atoms with Crippen LogP contribution in [0.2, 0.25) is 0 Å². The highest BCUT2D eigenvalue weighted by Crippen LogP contribution is 2.35. The molecule has 134 valence electrons. The lowest BCUT2D eigenvalue weighted by Crippen LogP contribution is -2.11. The highest BCUT2D eigenvalue weighted by molar-refractivity contribution is 9.10. The molecule has 0 spiro atoms. The summed E-state index contributed by atoms with van der Waals surface area (Å²) in [5, 5.41) is 3.65. The number of benzene rings is 2. The van der Waals surface area contributed by atoms with Crippen LogP contribution in [0.4, 0.5) is 5.69 Å². The Morgan fingerprint density at radius 3 is 2.42 bits per heavy atom.